The Balaban J connectivity index is 2.61. The molecule has 0 aliphatic carbocycles. The molecule has 0 aromatic rings. The van der Waals surface area contributed by atoms with Gasteiger partial charge in [0, 0.05) is 19.6 Å². The van der Waals surface area contributed by atoms with E-state index in [1.165, 1.54) is 0 Å². The van der Waals surface area contributed by atoms with E-state index in [0.29, 0.717) is 6.54 Å². The second-order valence-electron chi connectivity index (χ2n) is 3.56. The highest BCUT2D eigenvalue weighted by Gasteiger charge is 2.26. The fraction of sp³-hybridized carbons (Fsp3) is 0.889. The zero-order valence-corrected chi connectivity index (χ0v) is 8.36. The van der Waals surface area contributed by atoms with Gasteiger partial charge >= 0.3 is 0 Å². The van der Waals surface area contributed by atoms with E-state index in [2.05, 4.69) is 4.90 Å². The number of hydrogen-bond acceptors (Lipinski definition) is 3. The van der Waals surface area contributed by atoms with Crippen molar-refractivity contribution < 1.29 is 9.90 Å². The number of aliphatic hydroxyl groups excluding tert-OH is 1. The summed E-state index contributed by atoms with van der Waals surface area (Å²) in [6.07, 6.45) is 0.993. The number of rotatable bonds is 2. The highest BCUT2D eigenvalue weighted by molar-refractivity contribution is 5.81. The summed E-state index contributed by atoms with van der Waals surface area (Å²) in [5, 5.41) is 8.77. The van der Waals surface area contributed by atoms with Crippen LogP contribution in [0.4, 0.5) is 0 Å². The van der Waals surface area contributed by atoms with E-state index in [4.69, 9.17) is 5.11 Å². The third-order valence-electron chi connectivity index (χ3n) is 2.64. The van der Waals surface area contributed by atoms with Crippen LogP contribution in [-0.2, 0) is 4.79 Å². The molecular weight excluding hydrogens is 168 g/mol. The first-order chi connectivity index (χ1) is 6.16. The van der Waals surface area contributed by atoms with Crippen LogP contribution in [-0.4, -0.2) is 60.1 Å². The summed E-state index contributed by atoms with van der Waals surface area (Å²) in [5.74, 6) is 0.133. The first kappa shape index (κ1) is 10.5. The largest absolute Gasteiger partial charge is 0.395 e. The Kier molecular flexibility index (Phi) is 3.69. The average Bonchev–Trinajstić information content (AvgIpc) is 2.22. The molecule has 0 spiro atoms. The lowest BCUT2D eigenvalue weighted by Gasteiger charge is -2.24. The minimum Gasteiger partial charge on any atom is -0.395 e. The summed E-state index contributed by atoms with van der Waals surface area (Å²) in [6, 6.07) is -0.0472. The molecule has 1 aliphatic rings. The number of amides is 1. The Bertz CT molecular complexity index is 184. The van der Waals surface area contributed by atoms with Crippen LogP contribution in [0.3, 0.4) is 0 Å². The number of carbonyl (C=O) groups is 1. The molecule has 13 heavy (non-hydrogen) atoms. The second-order valence-corrected chi connectivity index (χ2v) is 3.56. The Labute approximate surface area is 79.1 Å². The lowest BCUT2D eigenvalue weighted by Crippen LogP contribution is -2.43. The van der Waals surface area contributed by atoms with Crippen LogP contribution < -0.4 is 0 Å². The van der Waals surface area contributed by atoms with Crippen molar-refractivity contribution in [3.63, 3.8) is 0 Å². The Hall–Kier alpha value is -0.610. The van der Waals surface area contributed by atoms with E-state index < -0.39 is 0 Å². The Morgan fingerprint density at radius 3 is 2.85 bits per heavy atom. The molecule has 0 bridgehead atoms. The number of nitrogens with zero attached hydrogens (tertiary/aromatic N) is 2. The van der Waals surface area contributed by atoms with E-state index in [-0.39, 0.29) is 18.6 Å². The van der Waals surface area contributed by atoms with Crippen LogP contribution in [0.25, 0.3) is 0 Å². The van der Waals surface area contributed by atoms with Crippen molar-refractivity contribution in [2.24, 2.45) is 0 Å². The van der Waals surface area contributed by atoms with Gasteiger partial charge in [-0.15, -0.1) is 0 Å². The van der Waals surface area contributed by atoms with Gasteiger partial charge in [-0.2, -0.15) is 0 Å². The molecule has 1 fully saturated rings. The molecule has 1 unspecified atom stereocenters. The molecule has 1 saturated heterocycles. The SMILES string of the molecule is CC1C(=O)N(CCO)CCCN1C. The first-order valence-corrected chi connectivity index (χ1v) is 4.76. The third-order valence-corrected chi connectivity index (χ3v) is 2.64. The first-order valence-electron chi connectivity index (χ1n) is 4.76. The van der Waals surface area contributed by atoms with Crippen molar-refractivity contribution in [3.8, 4) is 0 Å². The van der Waals surface area contributed by atoms with Crippen molar-refractivity contribution in [1.29, 1.82) is 0 Å². The van der Waals surface area contributed by atoms with Gasteiger partial charge in [0.15, 0.2) is 0 Å². The molecule has 0 aromatic carbocycles. The third kappa shape index (κ3) is 2.42. The van der Waals surface area contributed by atoms with E-state index in [1.807, 2.05) is 14.0 Å². The van der Waals surface area contributed by atoms with E-state index in [9.17, 15) is 4.79 Å². The molecule has 1 amide bonds. The van der Waals surface area contributed by atoms with Crippen LogP contribution in [0.2, 0.25) is 0 Å². The van der Waals surface area contributed by atoms with Crippen LogP contribution in [0.15, 0.2) is 0 Å². The Morgan fingerprint density at radius 1 is 1.54 bits per heavy atom. The fourth-order valence-electron chi connectivity index (χ4n) is 1.61. The van der Waals surface area contributed by atoms with Crippen LogP contribution in [0, 0.1) is 0 Å². The van der Waals surface area contributed by atoms with Crippen molar-refractivity contribution >= 4 is 5.91 Å². The summed E-state index contributed by atoms with van der Waals surface area (Å²) in [4.78, 5) is 15.5. The maximum atomic E-state index is 11.7. The highest BCUT2D eigenvalue weighted by atomic mass is 16.3. The lowest BCUT2D eigenvalue weighted by molar-refractivity contribution is -0.134. The number of likely N-dealkylation sites (N-methyl/N-ethyl adjacent to an activating group) is 1. The van der Waals surface area contributed by atoms with Gasteiger partial charge in [0.05, 0.1) is 12.6 Å². The fourth-order valence-corrected chi connectivity index (χ4v) is 1.61. The smallest absolute Gasteiger partial charge is 0.239 e. The molecular formula is C9H18N2O2. The molecule has 1 heterocycles. The van der Waals surface area contributed by atoms with E-state index in [0.717, 1.165) is 19.5 Å². The van der Waals surface area contributed by atoms with E-state index >= 15 is 0 Å². The monoisotopic (exact) mass is 186 g/mol. The molecule has 0 radical (unpaired) electrons. The van der Waals surface area contributed by atoms with E-state index in [1.54, 1.807) is 4.90 Å². The minimum atomic E-state index is -0.0472. The Morgan fingerprint density at radius 2 is 2.23 bits per heavy atom. The van der Waals surface area contributed by atoms with Crippen molar-refractivity contribution in [3.05, 3.63) is 0 Å². The maximum absolute atomic E-state index is 11.7. The van der Waals surface area contributed by atoms with Gasteiger partial charge in [-0.1, -0.05) is 0 Å². The van der Waals surface area contributed by atoms with Crippen molar-refractivity contribution in [2.75, 3.05) is 33.3 Å². The number of carbonyl (C=O) groups excluding carboxylic acids is 1. The maximum Gasteiger partial charge on any atom is 0.239 e. The minimum absolute atomic E-state index is 0.0472. The topological polar surface area (TPSA) is 43.8 Å². The summed E-state index contributed by atoms with van der Waals surface area (Å²) in [7, 11) is 1.96. The molecule has 4 nitrogen and oxygen atoms in total. The normalized spacial score (nSPS) is 26.2. The highest BCUT2D eigenvalue weighted by Crippen LogP contribution is 2.08. The second kappa shape index (κ2) is 4.58. The van der Waals surface area contributed by atoms with Crippen LogP contribution in [0.1, 0.15) is 13.3 Å². The molecule has 1 atom stereocenters. The molecule has 0 saturated carbocycles. The standard InChI is InChI=1S/C9H18N2O2/c1-8-9(13)11(6-7-12)5-3-4-10(8)2/h8,12H,3-7H2,1-2H3. The average molecular weight is 186 g/mol. The number of hydrogen-bond donors (Lipinski definition) is 1. The lowest BCUT2D eigenvalue weighted by atomic mass is 10.3. The summed E-state index contributed by atoms with van der Waals surface area (Å²) >= 11 is 0. The molecule has 1 rings (SSSR count). The zero-order valence-electron chi connectivity index (χ0n) is 8.36. The van der Waals surface area contributed by atoms with Gasteiger partial charge in [0.2, 0.25) is 5.91 Å². The molecule has 0 aromatic heterocycles. The molecule has 1 aliphatic heterocycles. The van der Waals surface area contributed by atoms with Gasteiger partial charge in [-0.25, -0.2) is 0 Å². The molecule has 1 N–H and O–H groups in total. The summed E-state index contributed by atoms with van der Waals surface area (Å²) in [6.45, 7) is 4.17. The predicted molar refractivity (Wildman–Crippen MR) is 50.4 cm³/mol. The quantitative estimate of drug-likeness (QED) is 0.634. The van der Waals surface area contributed by atoms with Gasteiger partial charge in [-0.3, -0.25) is 9.69 Å². The summed E-state index contributed by atoms with van der Waals surface area (Å²) < 4.78 is 0. The van der Waals surface area contributed by atoms with Crippen molar-refractivity contribution in [2.45, 2.75) is 19.4 Å². The molecule has 4 heteroatoms. The van der Waals surface area contributed by atoms with Gasteiger partial charge in [0.25, 0.3) is 0 Å². The van der Waals surface area contributed by atoms with Crippen LogP contribution >= 0.6 is 0 Å². The van der Waals surface area contributed by atoms with Gasteiger partial charge in [0.1, 0.15) is 0 Å². The number of β-amino-alcohol motifs (C(OH)–C–C–N with tert-alkyl or cyclic N) is 1. The summed E-state index contributed by atoms with van der Waals surface area (Å²) in [5.41, 5.74) is 0. The predicted octanol–water partition coefficient (Wildman–Crippen LogP) is -0.469. The van der Waals surface area contributed by atoms with Crippen molar-refractivity contribution in [1.82, 2.24) is 9.80 Å². The van der Waals surface area contributed by atoms with Crippen LogP contribution in [0.5, 0.6) is 0 Å². The van der Waals surface area contributed by atoms with Gasteiger partial charge in [-0.05, 0) is 20.4 Å². The number of aliphatic hydroxyl groups is 1. The van der Waals surface area contributed by atoms with Gasteiger partial charge < -0.3 is 10.0 Å². The zero-order chi connectivity index (χ0) is 9.84. The molecule has 76 valence electrons.